The molecule has 0 spiro atoms. The second kappa shape index (κ2) is 5.72. The van der Waals surface area contributed by atoms with E-state index in [4.69, 9.17) is 4.74 Å². The normalized spacial score (nSPS) is 14.4. The minimum Gasteiger partial charge on any atom is -0.455 e. The number of nitrogens with one attached hydrogen (secondary N) is 1. The fourth-order valence-electron chi connectivity index (χ4n) is 1.82. The van der Waals surface area contributed by atoms with Gasteiger partial charge in [-0.2, -0.15) is 0 Å². The molecule has 0 radical (unpaired) electrons. The number of ether oxygens (including phenoxy) is 1. The van der Waals surface area contributed by atoms with Crippen LogP contribution in [0, 0.1) is 0 Å². The first-order valence-electron chi connectivity index (χ1n) is 6.41. The van der Waals surface area contributed by atoms with Crippen LogP contribution in [-0.4, -0.2) is 11.0 Å². The highest BCUT2D eigenvalue weighted by Gasteiger charge is 2.20. The predicted octanol–water partition coefficient (Wildman–Crippen LogP) is 3.89. The number of hydrogen-bond donors (Lipinski definition) is 1. The summed E-state index contributed by atoms with van der Waals surface area (Å²) in [5.41, 5.74) is 1.14. The van der Waals surface area contributed by atoms with Gasteiger partial charge in [0.1, 0.15) is 11.5 Å². The molecule has 19 heavy (non-hydrogen) atoms. The van der Waals surface area contributed by atoms with Gasteiger partial charge in [-0.25, -0.2) is 0 Å². The number of halogens is 1. The third-order valence-electron chi connectivity index (χ3n) is 3.07. The maximum atomic E-state index is 5.89. The lowest BCUT2D eigenvalue weighted by Crippen LogP contribution is -2.15. The van der Waals surface area contributed by atoms with Crippen molar-refractivity contribution in [3.05, 3.63) is 52.8 Å². The Balaban J connectivity index is 1.73. The molecule has 3 rings (SSSR count). The first-order chi connectivity index (χ1) is 9.31. The fourth-order valence-corrected chi connectivity index (χ4v) is 2.08. The number of pyridine rings is 1. The zero-order chi connectivity index (χ0) is 13.1. The Morgan fingerprint density at radius 2 is 2.00 bits per heavy atom. The molecule has 4 heteroatoms. The van der Waals surface area contributed by atoms with Crippen LogP contribution >= 0.6 is 15.9 Å². The molecular weight excluding hydrogens is 304 g/mol. The third-order valence-corrected chi connectivity index (χ3v) is 3.60. The summed E-state index contributed by atoms with van der Waals surface area (Å²) in [5, 5.41) is 3.49. The number of aromatic nitrogens is 1. The van der Waals surface area contributed by atoms with E-state index in [1.807, 2.05) is 30.3 Å². The zero-order valence-corrected chi connectivity index (χ0v) is 12.1. The summed E-state index contributed by atoms with van der Waals surface area (Å²) in [5.74, 6) is 1.64. The summed E-state index contributed by atoms with van der Waals surface area (Å²) >= 11 is 3.42. The topological polar surface area (TPSA) is 34.1 Å². The summed E-state index contributed by atoms with van der Waals surface area (Å²) in [7, 11) is 0. The maximum absolute atomic E-state index is 5.89. The Hall–Kier alpha value is -1.39. The van der Waals surface area contributed by atoms with E-state index < -0.39 is 0 Å². The number of hydrogen-bond acceptors (Lipinski definition) is 3. The van der Waals surface area contributed by atoms with E-state index in [9.17, 15) is 0 Å². The van der Waals surface area contributed by atoms with Gasteiger partial charge < -0.3 is 10.1 Å². The first-order valence-corrected chi connectivity index (χ1v) is 7.20. The molecule has 2 aromatic rings. The SMILES string of the molecule is Brc1ccc(Oc2cnccc2CNC2CC2)cc1. The monoisotopic (exact) mass is 318 g/mol. The molecule has 98 valence electrons. The molecule has 1 fully saturated rings. The van der Waals surface area contributed by atoms with Crippen LogP contribution in [0.1, 0.15) is 18.4 Å². The predicted molar refractivity (Wildman–Crippen MR) is 78.3 cm³/mol. The van der Waals surface area contributed by atoms with Gasteiger partial charge in [0.25, 0.3) is 0 Å². The van der Waals surface area contributed by atoms with Gasteiger partial charge in [-0.3, -0.25) is 4.98 Å². The summed E-state index contributed by atoms with van der Waals surface area (Å²) < 4.78 is 6.94. The van der Waals surface area contributed by atoms with E-state index in [1.165, 1.54) is 12.8 Å². The smallest absolute Gasteiger partial charge is 0.150 e. The molecule has 0 aliphatic heterocycles. The molecule has 1 aliphatic carbocycles. The highest BCUT2D eigenvalue weighted by molar-refractivity contribution is 9.10. The van der Waals surface area contributed by atoms with Gasteiger partial charge in [0.2, 0.25) is 0 Å². The van der Waals surface area contributed by atoms with Crippen molar-refractivity contribution in [2.45, 2.75) is 25.4 Å². The van der Waals surface area contributed by atoms with Gasteiger partial charge in [0.15, 0.2) is 0 Å². The highest BCUT2D eigenvalue weighted by atomic mass is 79.9. The summed E-state index contributed by atoms with van der Waals surface area (Å²) in [6, 6.07) is 10.5. The number of benzene rings is 1. The van der Waals surface area contributed by atoms with Crippen molar-refractivity contribution in [1.29, 1.82) is 0 Å². The Kier molecular flexibility index (Phi) is 3.80. The Labute approximate surface area is 121 Å². The van der Waals surface area contributed by atoms with Crippen molar-refractivity contribution in [2.24, 2.45) is 0 Å². The molecule has 1 aliphatic rings. The van der Waals surface area contributed by atoms with Crippen molar-refractivity contribution in [2.75, 3.05) is 0 Å². The third kappa shape index (κ3) is 3.55. The van der Waals surface area contributed by atoms with Crippen molar-refractivity contribution in [1.82, 2.24) is 10.3 Å². The number of rotatable bonds is 5. The average molecular weight is 319 g/mol. The zero-order valence-electron chi connectivity index (χ0n) is 10.5. The van der Waals surface area contributed by atoms with Gasteiger partial charge in [0.05, 0.1) is 6.20 Å². The summed E-state index contributed by atoms with van der Waals surface area (Å²) in [4.78, 5) is 4.14. The second-order valence-corrected chi connectivity index (χ2v) is 5.61. The maximum Gasteiger partial charge on any atom is 0.150 e. The summed E-state index contributed by atoms with van der Waals surface area (Å²) in [6.45, 7) is 0.832. The van der Waals surface area contributed by atoms with Crippen LogP contribution in [0.3, 0.4) is 0 Å². The van der Waals surface area contributed by atoms with Crippen molar-refractivity contribution in [3.63, 3.8) is 0 Å². The Morgan fingerprint density at radius 1 is 1.21 bits per heavy atom. The van der Waals surface area contributed by atoms with Gasteiger partial charge >= 0.3 is 0 Å². The molecule has 0 saturated heterocycles. The van der Waals surface area contributed by atoms with Gasteiger partial charge in [-0.15, -0.1) is 0 Å². The van der Waals surface area contributed by atoms with Crippen molar-refractivity contribution < 1.29 is 4.74 Å². The lowest BCUT2D eigenvalue weighted by atomic mass is 10.2. The van der Waals surface area contributed by atoms with Crippen LogP contribution in [0.4, 0.5) is 0 Å². The summed E-state index contributed by atoms with van der Waals surface area (Å²) in [6.07, 6.45) is 6.15. The van der Waals surface area contributed by atoms with E-state index in [-0.39, 0.29) is 0 Å². The lowest BCUT2D eigenvalue weighted by Gasteiger charge is -2.11. The van der Waals surface area contributed by atoms with Crippen LogP contribution in [-0.2, 0) is 6.54 Å². The quantitative estimate of drug-likeness (QED) is 0.908. The van der Waals surface area contributed by atoms with E-state index in [0.717, 1.165) is 28.1 Å². The minimum atomic E-state index is 0.689. The molecule has 0 unspecified atom stereocenters. The van der Waals surface area contributed by atoms with Gasteiger partial charge in [0, 0.05) is 28.8 Å². The molecule has 3 nitrogen and oxygen atoms in total. The van der Waals surface area contributed by atoms with Crippen LogP contribution < -0.4 is 10.1 Å². The standard InChI is InChI=1S/C15H15BrN2O/c16-12-1-5-14(6-2-12)19-15-10-17-8-7-11(15)9-18-13-3-4-13/h1-2,5-8,10,13,18H,3-4,9H2. The lowest BCUT2D eigenvalue weighted by molar-refractivity contribution is 0.470. The molecule has 0 atom stereocenters. The van der Waals surface area contributed by atoms with Crippen molar-refractivity contribution in [3.8, 4) is 11.5 Å². The largest absolute Gasteiger partial charge is 0.455 e. The fraction of sp³-hybridized carbons (Fsp3) is 0.267. The van der Waals surface area contributed by atoms with E-state index in [1.54, 1.807) is 12.4 Å². The molecule has 1 aromatic carbocycles. The molecule has 1 saturated carbocycles. The van der Waals surface area contributed by atoms with Crippen molar-refractivity contribution >= 4 is 15.9 Å². The molecule has 1 N–H and O–H groups in total. The second-order valence-electron chi connectivity index (χ2n) is 4.69. The van der Waals surface area contributed by atoms with Crippen LogP contribution in [0.2, 0.25) is 0 Å². The number of nitrogens with zero attached hydrogens (tertiary/aromatic N) is 1. The molecular formula is C15H15BrN2O. The van der Waals surface area contributed by atoms with E-state index >= 15 is 0 Å². The molecule has 1 aromatic heterocycles. The van der Waals surface area contributed by atoms with Crippen LogP contribution in [0.25, 0.3) is 0 Å². The van der Waals surface area contributed by atoms with E-state index in [2.05, 4.69) is 26.2 Å². The van der Waals surface area contributed by atoms with E-state index in [0.29, 0.717) is 6.04 Å². The molecule has 1 heterocycles. The van der Waals surface area contributed by atoms with Gasteiger partial charge in [-0.05, 0) is 43.2 Å². The first kappa shape index (κ1) is 12.6. The highest BCUT2D eigenvalue weighted by Crippen LogP contribution is 2.26. The van der Waals surface area contributed by atoms with Crippen LogP contribution in [0.15, 0.2) is 47.2 Å². The van der Waals surface area contributed by atoms with Gasteiger partial charge in [-0.1, -0.05) is 15.9 Å². The average Bonchev–Trinajstić information content (AvgIpc) is 3.25. The Bertz CT molecular complexity index is 552. The molecule has 0 bridgehead atoms. The van der Waals surface area contributed by atoms with Crippen LogP contribution in [0.5, 0.6) is 11.5 Å². The Morgan fingerprint density at radius 3 is 2.74 bits per heavy atom. The minimum absolute atomic E-state index is 0.689. The molecule has 0 amide bonds.